The van der Waals surface area contributed by atoms with Crippen molar-refractivity contribution in [1.29, 1.82) is 0 Å². The summed E-state index contributed by atoms with van der Waals surface area (Å²) in [5, 5.41) is 9.10. The van der Waals surface area contributed by atoms with E-state index < -0.39 is 0 Å². The highest BCUT2D eigenvalue weighted by Gasteiger charge is 2.34. The summed E-state index contributed by atoms with van der Waals surface area (Å²) >= 11 is 0.899. The molecule has 0 unspecified atom stereocenters. The van der Waals surface area contributed by atoms with Crippen LogP contribution in [-0.2, 0) is 4.79 Å². The number of nitrogens with zero attached hydrogens (tertiary/aromatic N) is 2. The van der Waals surface area contributed by atoms with Crippen LogP contribution in [0.1, 0.15) is 17.0 Å². The third-order valence-electron chi connectivity index (χ3n) is 3.99. The molecule has 126 valence electrons. The number of imide groups is 1. The summed E-state index contributed by atoms with van der Waals surface area (Å²) in [5.41, 5.74) is 3.69. The molecule has 2 amide bonds. The fourth-order valence-electron chi connectivity index (χ4n) is 2.80. The Kier molecular flexibility index (Phi) is 4.43. The van der Waals surface area contributed by atoms with Gasteiger partial charge in [0.25, 0.3) is 11.1 Å². The lowest BCUT2D eigenvalue weighted by Crippen LogP contribution is -2.28. The van der Waals surface area contributed by atoms with Crippen LogP contribution in [0.25, 0.3) is 11.8 Å². The van der Waals surface area contributed by atoms with Gasteiger partial charge in [-0.2, -0.15) is 0 Å². The molecule has 25 heavy (non-hydrogen) atoms. The van der Waals surface area contributed by atoms with Crippen molar-refractivity contribution in [1.82, 2.24) is 9.47 Å². The molecule has 0 radical (unpaired) electrons. The minimum atomic E-state index is -0.359. The zero-order valence-corrected chi connectivity index (χ0v) is 14.6. The number of rotatable bonds is 3. The van der Waals surface area contributed by atoms with Crippen LogP contribution in [0.4, 0.5) is 4.79 Å². The van der Waals surface area contributed by atoms with Gasteiger partial charge in [-0.3, -0.25) is 14.5 Å². The van der Waals surface area contributed by atoms with E-state index in [4.69, 9.17) is 6.42 Å². The highest BCUT2D eigenvalue weighted by Crippen LogP contribution is 2.33. The van der Waals surface area contributed by atoms with Gasteiger partial charge in [0.2, 0.25) is 0 Å². The number of amides is 2. The first-order valence-corrected chi connectivity index (χ1v) is 8.41. The smallest absolute Gasteiger partial charge is 0.294 e. The summed E-state index contributed by atoms with van der Waals surface area (Å²) in [6, 6.07) is 8.84. The molecular weight excluding hydrogens is 336 g/mol. The molecule has 0 bridgehead atoms. The van der Waals surface area contributed by atoms with Gasteiger partial charge in [-0.05, 0) is 67.6 Å². The maximum Gasteiger partial charge on any atom is 0.294 e. The van der Waals surface area contributed by atoms with Crippen molar-refractivity contribution >= 4 is 29.0 Å². The largest absolute Gasteiger partial charge is 0.508 e. The standard InChI is InChI=1S/C19H16N2O3S/c1-4-9-20-18(23)17(25-19(20)24)11-14-10-12(2)21(13(14)3)15-5-7-16(22)8-6-15/h1,5-8,10-11,22H,9H2,2-3H3/b17-11-. The van der Waals surface area contributed by atoms with Crippen molar-refractivity contribution in [2.24, 2.45) is 0 Å². The minimum Gasteiger partial charge on any atom is -0.508 e. The van der Waals surface area contributed by atoms with Gasteiger partial charge in [-0.15, -0.1) is 6.42 Å². The van der Waals surface area contributed by atoms with Gasteiger partial charge < -0.3 is 9.67 Å². The van der Waals surface area contributed by atoms with Crippen LogP contribution in [0.3, 0.4) is 0 Å². The number of thioether (sulfide) groups is 1. The Morgan fingerprint density at radius 3 is 2.56 bits per heavy atom. The topological polar surface area (TPSA) is 62.5 Å². The summed E-state index contributed by atoms with van der Waals surface area (Å²) in [4.78, 5) is 25.6. The molecule has 0 saturated carbocycles. The molecule has 2 aromatic rings. The van der Waals surface area contributed by atoms with E-state index in [9.17, 15) is 14.7 Å². The molecule has 0 atom stereocenters. The lowest BCUT2D eigenvalue weighted by atomic mass is 10.2. The van der Waals surface area contributed by atoms with Gasteiger partial charge in [0.05, 0.1) is 11.4 Å². The monoisotopic (exact) mass is 352 g/mol. The second kappa shape index (κ2) is 6.54. The number of aryl methyl sites for hydroxylation is 1. The molecule has 0 spiro atoms. The number of aromatic hydroxyl groups is 1. The molecule has 6 heteroatoms. The third kappa shape index (κ3) is 3.06. The van der Waals surface area contributed by atoms with Gasteiger partial charge >= 0.3 is 0 Å². The molecular formula is C19H16N2O3S. The second-order valence-corrected chi connectivity index (χ2v) is 6.64. The molecule has 1 saturated heterocycles. The van der Waals surface area contributed by atoms with Crippen LogP contribution in [0.2, 0.25) is 0 Å². The Bertz CT molecular complexity index is 933. The number of phenolic OH excluding ortho intramolecular Hbond substituents is 1. The van der Waals surface area contributed by atoms with Crippen LogP contribution in [0, 0.1) is 26.2 Å². The Hall–Kier alpha value is -2.91. The van der Waals surface area contributed by atoms with Crippen molar-refractivity contribution in [2.75, 3.05) is 6.54 Å². The van der Waals surface area contributed by atoms with Crippen molar-refractivity contribution in [3.05, 3.63) is 52.2 Å². The van der Waals surface area contributed by atoms with Crippen LogP contribution in [0.5, 0.6) is 5.75 Å². The number of hydrogen-bond donors (Lipinski definition) is 1. The maximum absolute atomic E-state index is 12.3. The van der Waals surface area contributed by atoms with Crippen molar-refractivity contribution in [3.8, 4) is 23.8 Å². The van der Waals surface area contributed by atoms with E-state index in [0.717, 1.165) is 39.3 Å². The first-order chi connectivity index (χ1) is 11.9. The summed E-state index contributed by atoms with van der Waals surface area (Å²) < 4.78 is 2.02. The Labute approximate surface area is 149 Å². The zero-order valence-electron chi connectivity index (χ0n) is 13.8. The molecule has 3 rings (SSSR count). The van der Waals surface area contributed by atoms with Gasteiger partial charge in [0.15, 0.2) is 0 Å². The van der Waals surface area contributed by atoms with Gasteiger partial charge in [-0.1, -0.05) is 5.92 Å². The number of benzene rings is 1. The molecule has 1 aliphatic heterocycles. The summed E-state index contributed by atoms with van der Waals surface area (Å²) in [6.07, 6.45) is 6.93. The molecule has 0 aliphatic carbocycles. The zero-order chi connectivity index (χ0) is 18.1. The normalized spacial score (nSPS) is 15.9. The van der Waals surface area contributed by atoms with E-state index in [-0.39, 0.29) is 23.4 Å². The molecule has 1 fully saturated rings. The van der Waals surface area contributed by atoms with Crippen LogP contribution < -0.4 is 0 Å². The number of hydrogen-bond acceptors (Lipinski definition) is 4. The number of carbonyl (C=O) groups is 2. The Morgan fingerprint density at radius 2 is 1.92 bits per heavy atom. The number of terminal acetylenes is 1. The van der Waals surface area contributed by atoms with Crippen molar-refractivity contribution in [2.45, 2.75) is 13.8 Å². The Balaban J connectivity index is 1.99. The molecule has 1 aliphatic rings. The SMILES string of the molecule is C#CCN1C(=O)S/C(=C\c2cc(C)n(-c3ccc(O)cc3)c2C)C1=O. The van der Waals surface area contributed by atoms with Crippen LogP contribution >= 0.6 is 11.8 Å². The van der Waals surface area contributed by atoms with Gasteiger partial charge in [-0.25, -0.2) is 0 Å². The van der Waals surface area contributed by atoms with Gasteiger partial charge in [0, 0.05) is 17.1 Å². The van der Waals surface area contributed by atoms with E-state index in [1.165, 1.54) is 0 Å². The first-order valence-electron chi connectivity index (χ1n) is 7.59. The minimum absolute atomic E-state index is 0.0193. The number of aromatic nitrogens is 1. The highest BCUT2D eigenvalue weighted by atomic mass is 32.2. The maximum atomic E-state index is 12.3. The predicted molar refractivity (Wildman–Crippen MR) is 98.4 cm³/mol. The van der Waals surface area contributed by atoms with Crippen molar-refractivity contribution in [3.63, 3.8) is 0 Å². The van der Waals surface area contributed by atoms with Crippen LogP contribution in [0.15, 0.2) is 35.2 Å². The third-order valence-corrected chi connectivity index (χ3v) is 4.90. The summed E-state index contributed by atoms with van der Waals surface area (Å²) in [6.45, 7) is 3.88. The summed E-state index contributed by atoms with van der Waals surface area (Å²) in [7, 11) is 0. The molecule has 1 aromatic carbocycles. The fraction of sp³-hybridized carbons (Fsp3) is 0.158. The average Bonchev–Trinajstić information content (AvgIpc) is 3.00. The number of carbonyl (C=O) groups excluding carboxylic acids is 2. The van der Waals surface area contributed by atoms with Crippen LogP contribution in [-0.4, -0.2) is 32.3 Å². The highest BCUT2D eigenvalue weighted by molar-refractivity contribution is 8.18. The van der Waals surface area contributed by atoms with E-state index in [1.807, 2.05) is 36.6 Å². The van der Waals surface area contributed by atoms with Gasteiger partial charge in [0.1, 0.15) is 5.75 Å². The molecule has 5 nitrogen and oxygen atoms in total. The average molecular weight is 352 g/mol. The fourth-order valence-corrected chi connectivity index (χ4v) is 3.63. The first kappa shape index (κ1) is 16.9. The quantitative estimate of drug-likeness (QED) is 0.679. The lowest BCUT2D eigenvalue weighted by molar-refractivity contribution is -0.122. The van der Waals surface area contributed by atoms with Crippen molar-refractivity contribution < 1.29 is 14.7 Å². The van der Waals surface area contributed by atoms with E-state index in [2.05, 4.69) is 5.92 Å². The second-order valence-electron chi connectivity index (χ2n) is 5.65. The Morgan fingerprint density at radius 1 is 1.24 bits per heavy atom. The van der Waals surface area contributed by atoms with E-state index >= 15 is 0 Å². The number of phenols is 1. The molecule has 1 aromatic heterocycles. The van der Waals surface area contributed by atoms with E-state index in [0.29, 0.717) is 4.91 Å². The molecule has 2 heterocycles. The molecule has 1 N–H and O–H groups in total. The predicted octanol–water partition coefficient (Wildman–Crippen LogP) is 3.47. The summed E-state index contributed by atoms with van der Waals surface area (Å²) in [5.74, 6) is 2.17. The van der Waals surface area contributed by atoms with E-state index in [1.54, 1.807) is 18.2 Å². The lowest BCUT2D eigenvalue weighted by Gasteiger charge is -2.09.